The van der Waals surface area contributed by atoms with E-state index in [1.54, 1.807) is 0 Å². The standard InChI is InChI=1S/C10H12O4/c1-4-6-13-10(12)8(3)7-14-9(11)5-2/h4-5,7H,1-2,6H2,3H3. The van der Waals surface area contributed by atoms with Gasteiger partial charge >= 0.3 is 11.9 Å². The maximum Gasteiger partial charge on any atom is 0.337 e. The summed E-state index contributed by atoms with van der Waals surface area (Å²) < 4.78 is 9.18. The molecular formula is C10H12O4. The first-order chi connectivity index (χ1) is 6.61. The highest BCUT2D eigenvalue weighted by Crippen LogP contribution is 1.97. The number of rotatable bonds is 5. The van der Waals surface area contributed by atoms with Crippen molar-refractivity contribution in [3.63, 3.8) is 0 Å². The molecule has 0 aliphatic heterocycles. The first-order valence-electron chi connectivity index (χ1n) is 3.89. The third-order valence-corrected chi connectivity index (χ3v) is 1.17. The minimum atomic E-state index is -0.624. The van der Waals surface area contributed by atoms with E-state index in [2.05, 4.69) is 22.6 Å². The number of esters is 2. The van der Waals surface area contributed by atoms with Gasteiger partial charge < -0.3 is 9.47 Å². The summed E-state index contributed by atoms with van der Waals surface area (Å²) in [5.41, 5.74) is 0.196. The third kappa shape index (κ3) is 4.92. The highest BCUT2D eigenvalue weighted by atomic mass is 16.5. The summed E-state index contributed by atoms with van der Waals surface area (Å²) in [6, 6.07) is 0. The van der Waals surface area contributed by atoms with Crippen molar-refractivity contribution in [1.29, 1.82) is 0 Å². The second kappa shape index (κ2) is 6.65. The van der Waals surface area contributed by atoms with Gasteiger partial charge in [-0.15, -0.1) is 0 Å². The van der Waals surface area contributed by atoms with Crippen LogP contribution < -0.4 is 0 Å². The van der Waals surface area contributed by atoms with E-state index in [4.69, 9.17) is 0 Å². The van der Waals surface area contributed by atoms with E-state index in [9.17, 15) is 9.59 Å². The molecule has 0 aromatic heterocycles. The minimum absolute atomic E-state index is 0.124. The van der Waals surface area contributed by atoms with Crippen LogP contribution in [0.2, 0.25) is 0 Å². The van der Waals surface area contributed by atoms with Crippen molar-refractivity contribution in [2.24, 2.45) is 0 Å². The fraction of sp³-hybridized carbons (Fsp3) is 0.200. The van der Waals surface area contributed by atoms with Gasteiger partial charge in [0.2, 0.25) is 0 Å². The van der Waals surface area contributed by atoms with Crippen LogP contribution in [0.4, 0.5) is 0 Å². The van der Waals surface area contributed by atoms with Gasteiger partial charge in [0.1, 0.15) is 12.9 Å². The molecule has 0 spiro atoms. The van der Waals surface area contributed by atoms with Crippen molar-refractivity contribution in [1.82, 2.24) is 0 Å². The molecule has 4 nitrogen and oxygen atoms in total. The van der Waals surface area contributed by atoms with Gasteiger partial charge in [-0.3, -0.25) is 0 Å². The normalized spacial score (nSPS) is 10.2. The monoisotopic (exact) mass is 196 g/mol. The summed E-state index contributed by atoms with van der Waals surface area (Å²) in [6.45, 7) is 8.18. The molecule has 4 heteroatoms. The smallest absolute Gasteiger partial charge is 0.337 e. The number of carbonyl (C=O) groups is 2. The van der Waals surface area contributed by atoms with Crippen molar-refractivity contribution in [3.05, 3.63) is 37.1 Å². The van der Waals surface area contributed by atoms with E-state index in [1.165, 1.54) is 13.0 Å². The quantitative estimate of drug-likeness (QED) is 0.288. The zero-order valence-electron chi connectivity index (χ0n) is 7.99. The maximum atomic E-state index is 11.0. The molecule has 0 bridgehead atoms. The number of carbonyl (C=O) groups excluding carboxylic acids is 2. The predicted molar refractivity (Wildman–Crippen MR) is 51.2 cm³/mol. The van der Waals surface area contributed by atoms with Crippen LogP contribution in [-0.4, -0.2) is 18.5 Å². The highest BCUT2D eigenvalue weighted by Gasteiger charge is 2.05. The Bertz CT molecular complexity index is 276. The van der Waals surface area contributed by atoms with Gasteiger partial charge in [-0.2, -0.15) is 0 Å². The summed E-state index contributed by atoms with van der Waals surface area (Å²) in [4.78, 5) is 21.6. The van der Waals surface area contributed by atoms with Crippen LogP contribution in [0.15, 0.2) is 37.1 Å². The lowest BCUT2D eigenvalue weighted by Crippen LogP contribution is -2.06. The van der Waals surface area contributed by atoms with E-state index < -0.39 is 11.9 Å². The largest absolute Gasteiger partial charge is 0.458 e. The molecule has 0 heterocycles. The Kier molecular flexibility index (Phi) is 5.78. The molecule has 0 atom stereocenters. The Balaban J connectivity index is 4.09. The van der Waals surface area contributed by atoms with Crippen LogP contribution in [0.3, 0.4) is 0 Å². The van der Waals surface area contributed by atoms with Crippen LogP contribution in [0, 0.1) is 0 Å². The van der Waals surface area contributed by atoms with Crippen LogP contribution in [0.25, 0.3) is 0 Å². The van der Waals surface area contributed by atoms with E-state index in [1.807, 2.05) is 0 Å². The lowest BCUT2D eigenvalue weighted by atomic mass is 10.3. The van der Waals surface area contributed by atoms with Gasteiger partial charge in [-0.1, -0.05) is 19.2 Å². The molecule has 14 heavy (non-hydrogen) atoms. The summed E-state index contributed by atoms with van der Waals surface area (Å²) in [5.74, 6) is -1.18. The lowest BCUT2D eigenvalue weighted by molar-refractivity contribution is -0.138. The third-order valence-electron chi connectivity index (χ3n) is 1.17. The van der Waals surface area contributed by atoms with Crippen molar-refractivity contribution in [3.8, 4) is 0 Å². The fourth-order valence-electron chi connectivity index (χ4n) is 0.491. The van der Waals surface area contributed by atoms with Crippen LogP contribution >= 0.6 is 0 Å². The summed E-state index contributed by atoms with van der Waals surface area (Å²) in [5, 5.41) is 0. The first-order valence-corrected chi connectivity index (χ1v) is 3.89. The molecule has 0 N–H and O–H groups in total. The number of hydrogen-bond donors (Lipinski definition) is 0. The van der Waals surface area contributed by atoms with E-state index in [0.717, 1.165) is 12.3 Å². The Morgan fingerprint density at radius 1 is 1.36 bits per heavy atom. The molecule has 0 aliphatic rings. The first kappa shape index (κ1) is 12.2. The van der Waals surface area contributed by atoms with E-state index in [-0.39, 0.29) is 12.2 Å². The second-order valence-electron chi connectivity index (χ2n) is 2.33. The van der Waals surface area contributed by atoms with Crippen molar-refractivity contribution >= 4 is 11.9 Å². The Hall–Kier alpha value is -1.84. The van der Waals surface area contributed by atoms with Gasteiger partial charge in [0.15, 0.2) is 0 Å². The molecule has 0 rings (SSSR count). The van der Waals surface area contributed by atoms with Crippen LogP contribution in [0.1, 0.15) is 6.92 Å². The fourth-order valence-corrected chi connectivity index (χ4v) is 0.491. The molecule has 0 radical (unpaired) electrons. The zero-order chi connectivity index (χ0) is 11.0. The van der Waals surface area contributed by atoms with Crippen LogP contribution in [-0.2, 0) is 19.1 Å². The summed E-state index contributed by atoms with van der Waals surface area (Å²) >= 11 is 0. The average Bonchev–Trinajstić information content (AvgIpc) is 2.21. The summed E-state index contributed by atoms with van der Waals surface area (Å²) in [6.07, 6.45) is 3.47. The maximum absolute atomic E-state index is 11.0. The Labute approximate surface area is 82.5 Å². The molecule has 0 amide bonds. The molecule has 0 aliphatic carbocycles. The molecule has 0 aromatic rings. The summed E-state index contributed by atoms with van der Waals surface area (Å²) in [7, 11) is 0. The van der Waals surface area contributed by atoms with Crippen molar-refractivity contribution in [2.75, 3.05) is 6.61 Å². The van der Waals surface area contributed by atoms with E-state index in [0.29, 0.717) is 0 Å². The predicted octanol–water partition coefficient (Wildman–Crippen LogP) is 1.35. The molecule has 0 saturated heterocycles. The molecule has 0 saturated carbocycles. The number of ether oxygens (including phenoxy) is 2. The second-order valence-corrected chi connectivity index (χ2v) is 2.33. The Morgan fingerprint density at radius 3 is 2.50 bits per heavy atom. The SMILES string of the molecule is C=CCOC(=O)C(C)=COC(=O)C=C. The lowest BCUT2D eigenvalue weighted by Gasteiger charge is -2.00. The van der Waals surface area contributed by atoms with Crippen molar-refractivity contribution < 1.29 is 19.1 Å². The Morgan fingerprint density at radius 2 is 2.00 bits per heavy atom. The molecule has 76 valence electrons. The van der Waals surface area contributed by atoms with Crippen molar-refractivity contribution in [2.45, 2.75) is 6.92 Å². The topological polar surface area (TPSA) is 52.6 Å². The molecule has 0 unspecified atom stereocenters. The van der Waals surface area contributed by atoms with E-state index >= 15 is 0 Å². The molecule has 0 fully saturated rings. The number of hydrogen-bond acceptors (Lipinski definition) is 4. The molecular weight excluding hydrogens is 184 g/mol. The van der Waals surface area contributed by atoms with Crippen LogP contribution in [0.5, 0.6) is 0 Å². The van der Waals surface area contributed by atoms with Gasteiger partial charge in [0, 0.05) is 6.08 Å². The van der Waals surface area contributed by atoms with Gasteiger partial charge in [0.05, 0.1) is 5.57 Å². The average molecular weight is 196 g/mol. The van der Waals surface area contributed by atoms with Gasteiger partial charge in [-0.05, 0) is 6.92 Å². The minimum Gasteiger partial charge on any atom is -0.458 e. The highest BCUT2D eigenvalue weighted by molar-refractivity contribution is 5.88. The zero-order valence-corrected chi connectivity index (χ0v) is 7.99. The van der Waals surface area contributed by atoms with Gasteiger partial charge in [0.25, 0.3) is 0 Å². The molecule has 0 aromatic carbocycles. The van der Waals surface area contributed by atoms with Gasteiger partial charge in [-0.25, -0.2) is 9.59 Å².